The van der Waals surface area contributed by atoms with Gasteiger partial charge in [-0.1, -0.05) is 12.1 Å². The topological polar surface area (TPSA) is 81.8 Å². The zero-order valence-electron chi connectivity index (χ0n) is 19.4. The zero-order valence-corrected chi connectivity index (χ0v) is 19.4. The van der Waals surface area contributed by atoms with Gasteiger partial charge in [0.25, 0.3) is 0 Å². The molecule has 0 aliphatic rings. The molecule has 0 amide bonds. The number of hydrogen-bond donors (Lipinski definition) is 1. The van der Waals surface area contributed by atoms with Crippen LogP contribution in [0.5, 0.6) is 11.5 Å². The second-order valence-corrected chi connectivity index (χ2v) is 7.96. The average molecular weight is 453 g/mol. The first-order chi connectivity index (χ1) is 16.6. The summed E-state index contributed by atoms with van der Waals surface area (Å²) in [5, 5.41) is 7.26. The highest BCUT2D eigenvalue weighted by molar-refractivity contribution is 5.88. The molecule has 7 nitrogen and oxygen atoms in total. The third kappa shape index (κ3) is 3.92. The summed E-state index contributed by atoms with van der Waals surface area (Å²) in [6, 6.07) is 19.5. The van der Waals surface area contributed by atoms with Crippen LogP contribution in [-0.2, 0) is 0 Å². The molecule has 1 N–H and O–H groups in total. The van der Waals surface area contributed by atoms with Crippen LogP contribution in [-0.4, -0.2) is 24.2 Å². The van der Waals surface area contributed by atoms with E-state index in [-0.39, 0.29) is 0 Å². The number of nitrogens with one attached hydrogen (secondary N) is 1. The summed E-state index contributed by atoms with van der Waals surface area (Å²) < 4.78 is 17.2. The van der Waals surface area contributed by atoms with Crippen LogP contribution in [0.3, 0.4) is 0 Å². The fraction of sp³-hybridized carbons (Fsp3) is 0.148. The first-order valence-electron chi connectivity index (χ1n) is 10.8. The van der Waals surface area contributed by atoms with Gasteiger partial charge in [0.15, 0.2) is 17.3 Å². The van der Waals surface area contributed by atoms with E-state index in [9.17, 15) is 0 Å². The summed E-state index contributed by atoms with van der Waals surface area (Å²) in [4.78, 5) is 8.71. The molecule has 0 unspecified atom stereocenters. The third-order valence-corrected chi connectivity index (χ3v) is 5.85. The molecule has 0 saturated carbocycles. The molecule has 0 aliphatic carbocycles. The van der Waals surface area contributed by atoms with Crippen LogP contribution in [0.25, 0.3) is 33.2 Å². The van der Waals surface area contributed by atoms with E-state index in [1.54, 1.807) is 14.2 Å². The van der Waals surface area contributed by atoms with E-state index in [1.807, 2.05) is 54.6 Å². The van der Waals surface area contributed by atoms with E-state index >= 15 is 0 Å². The van der Waals surface area contributed by atoms with E-state index in [1.165, 1.54) is 6.33 Å². The number of methoxy groups -OCH3 is 2. The monoisotopic (exact) mass is 452 g/mol. The summed E-state index contributed by atoms with van der Waals surface area (Å²) in [5.74, 6) is 2.57. The molecule has 170 valence electrons. The van der Waals surface area contributed by atoms with E-state index in [0.29, 0.717) is 23.1 Å². The lowest BCUT2D eigenvalue weighted by Gasteiger charge is -2.11. The van der Waals surface area contributed by atoms with Crippen molar-refractivity contribution in [3.63, 3.8) is 0 Å². The molecule has 5 rings (SSSR count). The van der Waals surface area contributed by atoms with Crippen LogP contribution in [0, 0.1) is 13.8 Å². The Morgan fingerprint density at radius 1 is 0.824 bits per heavy atom. The third-order valence-electron chi connectivity index (χ3n) is 5.85. The summed E-state index contributed by atoms with van der Waals surface area (Å²) in [6.45, 7) is 4.14. The highest BCUT2D eigenvalue weighted by atomic mass is 16.5. The largest absolute Gasteiger partial charge is 0.493 e. The van der Waals surface area contributed by atoms with Crippen molar-refractivity contribution in [1.29, 1.82) is 0 Å². The maximum atomic E-state index is 6.31. The van der Waals surface area contributed by atoms with Gasteiger partial charge in [0.1, 0.15) is 17.7 Å². The van der Waals surface area contributed by atoms with Gasteiger partial charge in [0.2, 0.25) is 0 Å². The molecule has 0 bridgehead atoms. The Labute approximate surface area is 196 Å². The van der Waals surface area contributed by atoms with E-state index < -0.39 is 0 Å². The number of fused-ring (bicyclic) bond motifs is 2. The molecular formula is C27H24N4O3. The van der Waals surface area contributed by atoms with Crippen LogP contribution in [0.2, 0.25) is 0 Å². The molecule has 2 heterocycles. The second-order valence-electron chi connectivity index (χ2n) is 7.96. The van der Waals surface area contributed by atoms with Gasteiger partial charge in [0, 0.05) is 22.4 Å². The Balaban J connectivity index is 1.69. The van der Waals surface area contributed by atoms with E-state index in [2.05, 4.69) is 35.3 Å². The summed E-state index contributed by atoms with van der Waals surface area (Å²) in [7, 11) is 3.23. The number of hydrogen-bond acceptors (Lipinski definition) is 7. The van der Waals surface area contributed by atoms with Crippen molar-refractivity contribution in [2.24, 2.45) is 5.10 Å². The van der Waals surface area contributed by atoms with E-state index in [0.717, 1.165) is 43.9 Å². The zero-order chi connectivity index (χ0) is 23.7. The van der Waals surface area contributed by atoms with Gasteiger partial charge in [-0.25, -0.2) is 9.97 Å². The number of ether oxygens (including phenoxy) is 2. The first-order valence-corrected chi connectivity index (χ1v) is 10.8. The maximum absolute atomic E-state index is 6.31. The van der Waals surface area contributed by atoms with Crippen molar-refractivity contribution in [2.45, 2.75) is 13.8 Å². The molecule has 0 radical (unpaired) electrons. The van der Waals surface area contributed by atoms with Crippen LogP contribution in [0.4, 0.5) is 5.82 Å². The van der Waals surface area contributed by atoms with Crippen molar-refractivity contribution in [1.82, 2.24) is 9.97 Å². The molecule has 5 aromatic rings. The second kappa shape index (κ2) is 8.86. The fourth-order valence-corrected chi connectivity index (χ4v) is 3.86. The van der Waals surface area contributed by atoms with Gasteiger partial charge in [0.05, 0.1) is 25.1 Å². The SMILES string of the molecule is COc1ccc(-c2c/c(=N\Nc3ncnc4ccccc34)c3cc(C)c(C)cc3o2)cc1OC. The van der Waals surface area contributed by atoms with Crippen molar-refractivity contribution < 1.29 is 13.9 Å². The van der Waals surface area contributed by atoms with Gasteiger partial charge in [-0.2, -0.15) is 5.10 Å². The molecule has 3 aromatic carbocycles. The Morgan fingerprint density at radius 3 is 2.44 bits per heavy atom. The Morgan fingerprint density at radius 2 is 1.62 bits per heavy atom. The van der Waals surface area contributed by atoms with Crippen molar-refractivity contribution in [2.75, 3.05) is 19.6 Å². The minimum atomic E-state index is 0.624. The minimum absolute atomic E-state index is 0.624. The molecule has 0 aliphatic heterocycles. The molecule has 2 aromatic heterocycles. The number of rotatable bonds is 5. The van der Waals surface area contributed by atoms with Crippen LogP contribution < -0.4 is 20.3 Å². The Kier molecular flexibility index (Phi) is 5.59. The normalized spacial score (nSPS) is 11.7. The number of benzene rings is 3. The fourth-order valence-electron chi connectivity index (χ4n) is 3.86. The highest BCUT2D eigenvalue weighted by Gasteiger charge is 2.12. The molecule has 0 saturated heterocycles. The van der Waals surface area contributed by atoms with E-state index in [4.69, 9.17) is 19.0 Å². The van der Waals surface area contributed by atoms with Gasteiger partial charge >= 0.3 is 0 Å². The Bertz CT molecular complexity index is 1590. The van der Waals surface area contributed by atoms with Gasteiger partial charge in [-0.15, -0.1) is 0 Å². The first kappa shape index (κ1) is 21.5. The van der Waals surface area contributed by atoms with Crippen molar-refractivity contribution >= 4 is 27.7 Å². The van der Waals surface area contributed by atoms with Crippen molar-refractivity contribution in [3.05, 3.63) is 83.5 Å². The highest BCUT2D eigenvalue weighted by Crippen LogP contribution is 2.33. The maximum Gasteiger partial charge on any atom is 0.161 e. The summed E-state index contributed by atoms with van der Waals surface area (Å²) in [6.07, 6.45) is 1.53. The minimum Gasteiger partial charge on any atom is -0.493 e. The van der Waals surface area contributed by atoms with Crippen LogP contribution in [0.15, 0.2) is 76.5 Å². The quantitative estimate of drug-likeness (QED) is 0.349. The number of anilines is 1. The van der Waals surface area contributed by atoms with Crippen LogP contribution in [0.1, 0.15) is 11.1 Å². The lowest BCUT2D eigenvalue weighted by Crippen LogP contribution is -2.09. The van der Waals surface area contributed by atoms with Crippen molar-refractivity contribution in [3.8, 4) is 22.8 Å². The van der Waals surface area contributed by atoms with Crippen LogP contribution >= 0.6 is 0 Å². The summed E-state index contributed by atoms with van der Waals surface area (Å²) >= 11 is 0. The number of para-hydroxylation sites is 1. The predicted octanol–water partition coefficient (Wildman–Crippen LogP) is 5.60. The molecule has 34 heavy (non-hydrogen) atoms. The molecular weight excluding hydrogens is 428 g/mol. The lowest BCUT2D eigenvalue weighted by molar-refractivity contribution is 0.355. The van der Waals surface area contributed by atoms with Gasteiger partial charge in [-0.05, 0) is 67.4 Å². The molecule has 7 heteroatoms. The lowest BCUT2D eigenvalue weighted by atomic mass is 10.1. The number of aryl methyl sites for hydroxylation is 2. The number of aromatic nitrogens is 2. The Hall–Kier alpha value is -4.39. The summed E-state index contributed by atoms with van der Waals surface area (Å²) in [5.41, 5.74) is 7.87. The predicted molar refractivity (Wildman–Crippen MR) is 133 cm³/mol. The standard InChI is InChI=1S/C27H24N4O3/c1-16-11-20-22(30-31-27-19-7-5-6-8-21(19)28-15-29-27)14-24(34-25(20)12-17(16)2)18-9-10-23(32-3)26(13-18)33-4/h5-15H,1-4H3,(H,28,29,31)/b30-22+. The van der Waals surface area contributed by atoms with Gasteiger partial charge < -0.3 is 13.9 Å². The van der Waals surface area contributed by atoms with Gasteiger partial charge in [-0.3, -0.25) is 5.43 Å². The average Bonchev–Trinajstić information content (AvgIpc) is 2.87. The molecule has 0 atom stereocenters. The molecule has 0 fully saturated rings. The molecule has 0 spiro atoms. The number of nitrogens with zero attached hydrogens (tertiary/aromatic N) is 3. The smallest absolute Gasteiger partial charge is 0.161 e.